The standard InChI is InChI=1S/C28H29N5O.C19H23BrN2O3.C10H19NO3.C9H5BrClN/c1-17-3-2-4-24(31-17)26-27(33-20-7-5-19(15-20)28(33)32-26)18-6-8-23-22(16-18)25(11-14-30-23)34-21-9-12-29-13-10-21;1-19(2,3)25-18(23)22-10-7-14(8-11-22)24-17-6-9-21-16-5-4-13(20)12-15(16)17;1-10(2,3)14-9(13)11-6-4-8(12)5-7-11;10-6-1-2-9-7(5-6)8(11)3-4-12-9/h2-4,6,8,11,14,16,19-21,29H,5,7,9-10,12-13,15H2,1H3;4-6,9,12,14H,7-8,10-11H2,1-3H3;8,12H,4-7H2,1-3H3;1-5H. The van der Waals surface area contributed by atoms with E-state index in [4.69, 9.17) is 40.5 Å². The van der Waals surface area contributed by atoms with Crippen molar-refractivity contribution < 1.29 is 33.6 Å². The molecular formula is C66H76Br2ClN9O7. The van der Waals surface area contributed by atoms with Crippen LogP contribution in [0.4, 0.5) is 9.59 Å². The number of aromatic nitrogens is 6. The topological polar surface area (TPSA) is 179 Å². The number of likely N-dealkylation sites (tertiary alicyclic amines) is 2. The van der Waals surface area contributed by atoms with Gasteiger partial charge in [0, 0.05) is 106 Å². The highest BCUT2D eigenvalue weighted by atomic mass is 79.9. The third-order valence-electron chi connectivity index (χ3n) is 15.6. The molecule has 13 rings (SSSR count). The SMILES string of the molecule is CC(C)(C)OC(=O)N1CCC(O)CC1.CC(C)(C)OC(=O)N1CCC(Oc2ccnc3ccc(Br)cc23)CC1.Cc1cccc(-c2nc3n(c2-c2ccc4nccc(OC5CCNCC5)c4c2)C2CCC3C2)n1.Clc1ccnc2ccc(Br)cc12. The van der Waals surface area contributed by atoms with E-state index in [2.05, 4.69) is 87.0 Å². The number of pyridine rings is 4. The number of amides is 2. The van der Waals surface area contributed by atoms with E-state index in [1.54, 1.807) is 28.3 Å². The summed E-state index contributed by atoms with van der Waals surface area (Å²) in [4.78, 5) is 50.3. The molecule has 5 aromatic heterocycles. The number of halogens is 3. The molecule has 0 radical (unpaired) electrons. The predicted octanol–water partition coefficient (Wildman–Crippen LogP) is 15.2. The minimum atomic E-state index is -0.465. The highest BCUT2D eigenvalue weighted by molar-refractivity contribution is 9.10. The van der Waals surface area contributed by atoms with Crippen LogP contribution in [0.5, 0.6) is 11.5 Å². The van der Waals surface area contributed by atoms with E-state index in [0.717, 1.165) is 114 Å². The summed E-state index contributed by atoms with van der Waals surface area (Å²) in [6.45, 7) is 17.7. The summed E-state index contributed by atoms with van der Waals surface area (Å²) in [5, 5.41) is 16.5. The smallest absolute Gasteiger partial charge is 0.410 e. The van der Waals surface area contributed by atoms with Crippen LogP contribution >= 0.6 is 43.5 Å². The van der Waals surface area contributed by atoms with Gasteiger partial charge in [0.1, 0.15) is 46.4 Å². The van der Waals surface area contributed by atoms with Crippen molar-refractivity contribution in [1.29, 1.82) is 0 Å². The average Bonchev–Trinajstić information content (AvgIpc) is 1.87. The maximum absolute atomic E-state index is 12.1. The molecule has 19 heteroatoms. The number of hydrogen-bond donors (Lipinski definition) is 2. The minimum absolute atomic E-state index is 0.0864. The van der Waals surface area contributed by atoms with Gasteiger partial charge >= 0.3 is 12.2 Å². The molecule has 0 spiro atoms. The van der Waals surface area contributed by atoms with Crippen LogP contribution in [-0.4, -0.2) is 125 Å². The number of aryl methyl sites for hydroxylation is 1. The van der Waals surface area contributed by atoms with E-state index in [0.29, 0.717) is 51.0 Å². The van der Waals surface area contributed by atoms with Crippen LogP contribution in [-0.2, 0) is 9.47 Å². The Kier molecular flexibility index (Phi) is 19.6. The summed E-state index contributed by atoms with van der Waals surface area (Å²) in [6.07, 6.45) is 13.5. The zero-order valence-electron chi connectivity index (χ0n) is 49.5. The molecule has 2 atom stereocenters. The molecule has 2 bridgehead atoms. The summed E-state index contributed by atoms with van der Waals surface area (Å²) in [6, 6.07) is 30.8. The highest BCUT2D eigenvalue weighted by Gasteiger charge is 2.42. The highest BCUT2D eigenvalue weighted by Crippen LogP contribution is 2.53. The molecule has 1 aliphatic carbocycles. The van der Waals surface area contributed by atoms with E-state index >= 15 is 0 Å². The van der Waals surface area contributed by atoms with Gasteiger partial charge in [-0.1, -0.05) is 55.6 Å². The number of imidazole rings is 1. The lowest BCUT2D eigenvalue weighted by atomic mass is 10.0. The fourth-order valence-electron chi connectivity index (χ4n) is 11.4. The van der Waals surface area contributed by atoms with E-state index in [9.17, 15) is 14.7 Å². The summed E-state index contributed by atoms with van der Waals surface area (Å²) in [5.74, 6) is 3.57. The fourth-order valence-corrected chi connectivity index (χ4v) is 12.4. The number of nitrogens with zero attached hydrogens (tertiary/aromatic N) is 8. The minimum Gasteiger partial charge on any atom is -0.490 e. The molecule has 4 fully saturated rings. The Balaban J connectivity index is 0.000000138. The number of piperidine rings is 3. The quantitative estimate of drug-likeness (QED) is 0.161. The van der Waals surface area contributed by atoms with Crippen LogP contribution in [0.15, 0.2) is 119 Å². The zero-order chi connectivity index (χ0) is 60.0. The zero-order valence-corrected chi connectivity index (χ0v) is 53.4. The molecule has 5 aliphatic rings. The number of aliphatic hydroxyl groups is 1. The molecule has 2 N–H and O–H groups in total. The first kappa shape index (κ1) is 61.6. The molecule has 2 unspecified atom stereocenters. The monoisotopic (exact) mass is 1300 g/mol. The third kappa shape index (κ3) is 15.8. The first-order valence-electron chi connectivity index (χ1n) is 29.6. The second-order valence-corrected chi connectivity index (χ2v) is 26.6. The lowest BCUT2D eigenvalue weighted by molar-refractivity contribution is 0.00960. The van der Waals surface area contributed by atoms with Gasteiger partial charge < -0.3 is 43.7 Å². The van der Waals surface area contributed by atoms with Gasteiger partial charge in [0.2, 0.25) is 0 Å². The number of hydrogen-bond acceptors (Lipinski definition) is 13. The van der Waals surface area contributed by atoms with Crippen LogP contribution in [0.25, 0.3) is 55.4 Å². The predicted molar refractivity (Wildman–Crippen MR) is 341 cm³/mol. The fraction of sp³-hybridized carbons (Fsp3) is 0.439. The van der Waals surface area contributed by atoms with Crippen molar-refractivity contribution in [3.05, 3.63) is 135 Å². The van der Waals surface area contributed by atoms with E-state index in [-0.39, 0.29) is 30.5 Å². The van der Waals surface area contributed by atoms with Crippen LogP contribution < -0.4 is 14.8 Å². The second kappa shape index (κ2) is 27.1. The van der Waals surface area contributed by atoms with E-state index in [1.165, 1.54) is 36.3 Å². The van der Waals surface area contributed by atoms with Gasteiger partial charge in [-0.25, -0.2) is 14.6 Å². The Morgan fingerprint density at radius 3 is 1.74 bits per heavy atom. The summed E-state index contributed by atoms with van der Waals surface area (Å²) < 4.78 is 27.9. The molecule has 16 nitrogen and oxygen atoms in total. The maximum Gasteiger partial charge on any atom is 0.410 e. The summed E-state index contributed by atoms with van der Waals surface area (Å²) in [5.41, 5.74) is 7.22. The molecule has 2 amide bonds. The lowest BCUT2D eigenvalue weighted by Gasteiger charge is -2.33. The molecule has 3 aromatic carbocycles. The van der Waals surface area contributed by atoms with Crippen molar-refractivity contribution in [3.8, 4) is 34.1 Å². The van der Waals surface area contributed by atoms with Gasteiger partial charge in [-0.15, -0.1) is 0 Å². The van der Waals surface area contributed by atoms with Gasteiger partial charge in [0.05, 0.1) is 39.1 Å². The molecule has 4 aliphatic heterocycles. The second-order valence-electron chi connectivity index (χ2n) is 24.4. The van der Waals surface area contributed by atoms with E-state index in [1.807, 2.05) is 109 Å². The molecule has 9 heterocycles. The number of benzene rings is 3. The van der Waals surface area contributed by atoms with Gasteiger partial charge in [-0.05, 0) is 185 Å². The van der Waals surface area contributed by atoms with Crippen LogP contribution in [0.1, 0.15) is 123 Å². The third-order valence-corrected chi connectivity index (χ3v) is 16.9. The number of carbonyl (C=O) groups is 2. The van der Waals surface area contributed by atoms with E-state index < -0.39 is 11.2 Å². The van der Waals surface area contributed by atoms with Crippen molar-refractivity contribution in [2.75, 3.05) is 39.3 Å². The van der Waals surface area contributed by atoms with Crippen molar-refractivity contribution in [1.82, 2.24) is 44.6 Å². The maximum atomic E-state index is 12.1. The number of ether oxygens (including phenoxy) is 4. The normalized spacial score (nSPS) is 18.2. The molecule has 8 aromatic rings. The van der Waals surface area contributed by atoms with Crippen molar-refractivity contribution >= 4 is 88.4 Å². The van der Waals surface area contributed by atoms with Crippen molar-refractivity contribution in [2.24, 2.45) is 0 Å². The van der Waals surface area contributed by atoms with Crippen LogP contribution in [0.3, 0.4) is 0 Å². The Hall–Kier alpha value is -6.44. The van der Waals surface area contributed by atoms with Crippen LogP contribution in [0.2, 0.25) is 5.02 Å². The summed E-state index contributed by atoms with van der Waals surface area (Å²) >= 11 is 12.8. The van der Waals surface area contributed by atoms with Gasteiger partial charge in [-0.2, -0.15) is 0 Å². The molecular weight excluding hydrogens is 1230 g/mol. The number of nitrogens with one attached hydrogen (secondary N) is 1. The summed E-state index contributed by atoms with van der Waals surface area (Å²) in [7, 11) is 0. The Morgan fingerprint density at radius 1 is 0.624 bits per heavy atom. The first-order valence-corrected chi connectivity index (χ1v) is 31.6. The number of fused-ring (bicyclic) bond motifs is 8. The molecule has 3 saturated heterocycles. The van der Waals surface area contributed by atoms with Gasteiger partial charge in [0.25, 0.3) is 0 Å². The average molecular weight is 1300 g/mol. The van der Waals surface area contributed by atoms with Crippen molar-refractivity contribution in [3.63, 3.8) is 0 Å². The number of rotatable bonds is 6. The lowest BCUT2D eigenvalue weighted by Crippen LogP contribution is -2.44. The molecule has 85 heavy (non-hydrogen) atoms. The van der Waals surface area contributed by atoms with Gasteiger partial charge in [-0.3, -0.25) is 19.9 Å². The number of carbonyl (C=O) groups excluding carboxylic acids is 2. The molecule has 448 valence electrons. The number of aliphatic hydroxyl groups excluding tert-OH is 1. The van der Waals surface area contributed by atoms with Crippen LogP contribution in [0, 0.1) is 6.92 Å². The Labute approximate surface area is 519 Å². The first-order chi connectivity index (χ1) is 40.7. The Morgan fingerprint density at radius 2 is 1.15 bits per heavy atom. The van der Waals surface area contributed by atoms with Crippen molar-refractivity contribution in [2.45, 2.75) is 148 Å². The van der Waals surface area contributed by atoms with Gasteiger partial charge in [0.15, 0.2) is 0 Å². The largest absolute Gasteiger partial charge is 0.490 e. The Bertz CT molecular complexity index is 3640. The molecule has 1 saturated carbocycles.